The van der Waals surface area contributed by atoms with Crippen molar-refractivity contribution in [3.63, 3.8) is 0 Å². The second-order valence-electron chi connectivity index (χ2n) is 3.17. The van der Waals surface area contributed by atoms with Crippen LogP contribution in [0.5, 0.6) is 0 Å². The third-order valence-electron chi connectivity index (χ3n) is 2.02. The summed E-state index contributed by atoms with van der Waals surface area (Å²) < 4.78 is 0.960. The van der Waals surface area contributed by atoms with Crippen LogP contribution in [0.25, 0.3) is 0 Å². The Balaban J connectivity index is 2.05. The molecule has 0 saturated carbocycles. The lowest BCUT2D eigenvalue weighted by atomic mass is 10.3. The van der Waals surface area contributed by atoms with Crippen LogP contribution in [-0.4, -0.2) is 9.97 Å². The van der Waals surface area contributed by atoms with Crippen LogP contribution in [0.15, 0.2) is 35.2 Å². The van der Waals surface area contributed by atoms with Gasteiger partial charge < -0.3 is 16.0 Å². The number of rotatable bonds is 3. The Morgan fingerprint density at radius 3 is 3.00 bits per heavy atom. The van der Waals surface area contributed by atoms with Crippen molar-refractivity contribution in [3.8, 4) is 0 Å². The number of benzene rings is 1. The van der Waals surface area contributed by atoms with E-state index >= 15 is 0 Å². The number of nitrogens with zero attached hydrogens (tertiary/aromatic N) is 1. The summed E-state index contributed by atoms with van der Waals surface area (Å²) in [4.78, 5) is 6.97. The van der Waals surface area contributed by atoms with E-state index in [1.807, 2.05) is 18.2 Å². The molecule has 0 fully saturated rings. The fourth-order valence-electron chi connectivity index (χ4n) is 1.25. The zero-order valence-electron chi connectivity index (χ0n) is 8.00. The van der Waals surface area contributed by atoms with E-state index in [-0.39, 0.29) is 0 Å². The number of halogens is 1. The number of aromatic nitrogens is 2. The molecule has 0 aliphatic carbocycles. The highest BCUT2D eigenvalue weighted by Gasteiger charge is 2.00. The van der Waals surface area contributed by atoms with Gasteiger partial charge in [-0.25, -0.2) is 4.98 Å². The number of aromatic amines is 1. The number of imidazole rings is 1. The predicted molar refractivity (Wildman–Crippen MR) is 64.5 cm³/mol. The number of H-pyrrole nitrogens is 1. The quantitative estimate of drug-likeness (QED) is 0.748. The predicted octanol–water partition coefficient (Wildman–Crippen LogP) is 2.37. The SMILES string of the molecule is Nc1ccc(NCc2cnc[nH]2)c(Br)c1. The van der Waals surface area contributed by atoms with Crippen LogP contribution in [-0.2, 0) is 6.54 Å². The van der Waals surface area contributed by atoms with Gasteiger partial charge in [-0.2, -0.15) is 0 Å². The number of nitrogens with one attached hydrogen (secondary N) is 2. The molecule has 15 heavy (non-hydrogen) atoms. The van der Waals surface area contributed by atoms with Gasteiger partial charge in [-0.15, -0.1) is 0 Å². The molecule has 4 N–H and O–H groups in total. The van der Waals surface area contributed by atoms with Crippen molar-refractivity contribution in [1.82, 2.24) is 9.97 Å². The normalized spacial score (nSPS) is 10.2. The van der Waals surface area contributed by atoms with Crippen LogP contribution in [0.3, 0.4) is 0 Å². The molecule has 1 aromatic carbocycles. The minimum Gasteiger partial charge on any atom is -0.399 e. The van der Waals surface area contributed by atoms with E-state index in [0.29, 0.717) is 6.54 Å². The van der Waals surface area contributed by atoms with Gasteiger partial charge in [-0.1, -0.05) is 0 Å². The maximum atomic E-state index is 5.64. The Morgan fingerprint density at radius 2 is 2.33 bits per heavy atom. The van der Waals surface area contributed by atoms with Crippen molar-refractivity contribution < 1.29 is 0 Å². The first kappa shape index (κ1) is 10.0. The second-order valence-corrected chi connectivity index (χ2v) is 4.02. The summed E-state index contributed by atoms with van der Waals surface area (Å²) in [5.74, 6) is 0. The van der Waals surface area contributed by atoms with Crippen molar-refractivity contribution in [2.45, 2.75) is 6.54 Å². The first-order valence-corrected chi connectivity index (χ1v) is 5.31. The van der Waals surface area contributed by atoms with Gasteiger partial charge in [0.2, 0.25) is 0 Å². The Morgan fingerprint density at radius 1 is 1.47 bits per heavy atom. The maximum Gasteiger partial charge on any atom is 0.0922 e. The van der Waals surface area contributed by atoms with E-state index in [4.69, 9.17) is 5.73 Å². The van der Waals surface area contributed by atoms with Gasteiger partial charge in [0.1, 0.15) is 0 Å². The number of nitrogen functional groups attached to an aromatic ring is 1. The molecule has 1 heterocycles. The monoisotopic (exact) mass is 266 g/mol. The molecule has 0 aliphatic rings. The summed E-state index contributed by atoms with van der Waals surface area (Å²) in [7, 11) is 0. The third-order valence-corrected chi connectivity index (χ3v) is 2.67. The Hall–Kier alpha value is -1.49. The minimum atomic E-state index is 0.711. The van der Waals surface area contributed by atoms with Crippen LogP contribution in [0.1, 0.15) is 5.69 Å². The van der Waals surface area contributed by atoms with Crippen LogP contribution < -0.4 is 11.1 Å². The van der Waals surface area contributed by atoms with Gasteiger partial charge in [0.25, 0.3) is 0 Å². The molecular weight excluding hydrogens is 256 g/mol. The van der Waals surface area contributed by atoms with Crippen LogP contribution in [0, 0.1) is 0 Å². The standard InChI is InChI=1S/C10H11BrN4/c11-9-3-7(12)1-2-10(9)14-5-8-4-13-6-15-8/h1-4,6,14H,5,12H2,(H,13,15). The van der Waals surface area contributed by atoms with Crippen molar-refractivity contribution in [3.05, 3.63) is 40.9 Å². The molecule has 0 spiro atoms. The summed E-state index contributed by atoms with van der Waals surface area (Å²) in [6.07, 6.45) is 3.45. The average molecular weight is 267 g/mol. The molecule has 0 amide bonds. The highest BCUT2D eigenvalue weighted by molar-refractivity contribution is 9.10. The highest BCUT2D eigenvalue weighted by Crippen LogP contribution is 2.24. The van der Waals surface area contributed by atoms with Crippen molar-refractivity contribution in [2.24, 2.45) is 0 Å². The first-order valence-electron chi connectivity index (χ1n) is 4.52. The average Bonchev–Trinajstić information content (AvgIpc) is 2.69. The van der Waals surface area contributed by atoms with Gasteiger partial charge in [-0.05, 0) is 34.1 Å². The third kappa shape index (κ3) is 2.50. The molecule has 0 aliphatic heterocycles. The lowest BCUT2D eigenvalue weighted by Gasteiger charge is -2.07. The molecule has 0 radical (unpaired) electrons. The van der Waals surface area contributed by atoms with E-state index in [0.717, 1.165) is 21.5 Å². The molecule has 4 nitrogen and oxygen atoms in total. The van der Waals surface area contributed by atoms with E-state index < -0.39 is 0 Å². The van der Waals surface area contributed by atoms with Gasteiger partial charge in [0, 0.05) is 22.0 Å². The summed E-state index contributed by atoms with van der Waals surface area (Å²) in [5.41, 5.74) is 8.44. The van der Waals surface area contributed by atoms with E-state index in [2.05, 4.69) is 31.2 Å². The zero-order chi connectivity index (χ0) is 10.7. The summed E-state index contributed by atoms with van der Waals surface area (Å²) in [5, 5.41) is 3.27. The molecule has 0 unspecified atom stereocenters. The lowest BCUT2D eigenvalue weighted by molar-refractivity contribution is 1.07. The molecule has 5 heteroatoms. The van der Waals surface area contributed by atoms with Gasteiger partial charge in [-0.3, -0.25) is 0 Å². The molecule has 78 valence electrons. The Labute approximate surface area is 96.0 Å². The largest absolute Gasteiger partial charge is 0.399 e. The number of hydrogen-bond acceptors (Lipinski definition) is 3. The van der Waals surface area contributed by atoms with Gasteiger partial charge in [0.05, 0.1) is 18.6 Å². The van der Waals surface area contributed by atoms with Crippen LogP contribution in [0.2, 0.25) is 0 Å². The Bertz CT molecular complexity index is 439. The van der Waals surface area contributed by atoms with Crippen molar-refractivity contribution >= 4 is 27.3 Å². The molecular formula is C10H11BrN4. The van der Waals surface area contributed by atoms with E-state index in [1.54, 1.807) is 12.5 Å². The van der Waals surface area contributed by atoms with Gasteiger partial charge in [0.15, 0.2) is 0 Å². The smallest absolute Gasteiger partial charge is 0.0922 e. The molecule has 0 atom stereocenters. The first-order chi connectivity index (χ1) is 7.25. The van der Waals surface area contributed by atoms with Crippen LogP contribution in [0.4, 0.5) is 11.4 Å². The molecule has 2 rings (SSSR count). The Kier molecular flexibility index (Phi) is 2.91. The highest BCUT2D eigenvalue weighted by atomic mass is 79.9. The van der Waals surface area contributed by atoms with Gasteiger partial charge >= 0.3 is 0 Å². The summed E-state index contributed by atoms with van der Waals surface area (Å²) >= 11 is 3.44. The minimum absolute atomic E-state index is 0.711. The lowest BCUT2D eigenvalue weighted by Crippen LogP contribution is -2.00. The zero-order valence-corrected chi connectivity index (χ0v) is 9.58. The topological polar surface area (TPSA) is 66.7 Å². The fraction of sp³-hybridized carbons (Fsp3) is 0.100. The van der Waals surface area contributed by atoms with Crippen molar-refractivity contribution in [2.75, 3.05) is 11.1 Å². The van der Waals surface area contributed by atoms with Crippen LogP contribution >= 0.6 is 15.9 Å². The maximum absolute atomic E-state index is 5.64. The van der Waals surface area contributed by atoms with Crippen molar-refractivity contribution in [1.29, 1.82) is 0 Å². The molecule has 1 aromatic heterocycles. The molecule has 0 bridgehead atoms. The number of anilines is 2. The number of hydrogen-bond donors (Lipinski definition) is 3. The molecule has 2 aromatic rings. The summed E-state index contributed by atoms with van der Waals surface area (Å²) in [6.45, 7) is 0.711. The number of nitrogens with two attached hydrogens (primary N) is 1. The van der Waals surface area contributed by atoms with E-state index in [1.165, 1.54) is 0 Å². The fourth-order valence-corrected chi connectivity index (χ4v) is 1.78. The second kappa shape index (κ2) is 4.35. The molecule has 0 saturated heterocycles. The summed E-state index contributed by atoms with van der Waals surface area (Å²) in [6, 6.07) is 5.67. The van der Waals surface area contributed by atoms with E-state index in [9.17, 15) is 0 Å².